The Morgan fingerprint density at radius 3 is 2.65 bits per heavy atom. The maximum atomic E-state index is 13.4. The van der Waals surface area contributed by atoms with Crippen LogP contribution in [0.5, 0.6) is 11.5 Å². The van der Waals surface area contributed by atoms with E-state index >= 15 is 0 Å². The van der Waals surface area contributed by atoms with E-state index in [0.29, 0.717) is 22.9 Å². The molecule has 0 bridgehead atoms. The quantitative estimate of drug-likeness (QED) is 0.630. The molecule has 0 fully saturated rings. The van der Waals surface area contributed by atoms with Gasteiger partial charge in [0.15, 0.2) is 6.10 Å². The van der Waals surface area contributed by atoms with E-state index in [9.17, 15) is 13.2 Å². The summed E-state index contributed by atoms with van der Waals surface area (Å²) in [7, 11) is -2.43. The van der Waals surface area contributed by atoms with Gasteiger partial charge in [-0.3, -0.25) is 9.10 Å². The van der Waals surface area contributed by atoms with Gasteiger partial charge in [-0.15, -0.1) is 0 Å². The van der Waals surface area contributed by atoms with Crippen molar-refractivity contribution in [2.24, 2.45) is 0 Å². The predicted octanol–water partition coefficient (Wildman–Crippen LogP) is 2.87. The summed E-state index contributed by atoms with van der Waals surface area (Å²) in [6.07, 6.45) is 0.498. The van der Waals surface area contributed by atoms with E-state index in [1.807, 2.05) is 6.92 Å². The first-order valence-corrected chi connectivity index (χ1v) is 11.1. The highest BCUT2D eigenvalue weighted by Gasteiger charge is 2.37. The first-order chi connectivity index (χ1) is 14.9. The van der Waals surface area contributed by atoms with E-state index in [-0.39, 0.29) is 18.0 Å². The van der Waals surface area contributed by atoms with Crippen molar-refractivity contribution in [1.82, 2.24) is 5.32 Å². The van der Waals surface area contributed by atoms with Crippen LogP contribution in [0.25, 0.3) is 0 Å². The number of furan rings is 1. The summed E-state index contributed by atoms with van der Waals surface area (Å²) in [5.41, 5.74) is 1.27. The first kappa shape index (κ1) is 20.8. The number of methoxy groups -OCH3 is 1. The minimum Gasteiger partial charge on any atom is -0.497 e. The predicted molar refractivity (Wildman–Crippen MR) is 114 cm³/mol. The molecule has 1 aliphatic heterocycles. The smallest absolute Gasteiger partial charge is 0.264 e. The van der Waals surface area contributed by atoms with Gasteiger partial charge >= 0.3 is 0 Å². The summed E-state index contributed by atoms with van der Waals surface area (Å²) < 4.78 is 44.3. The Balaban J connectivity index is 1.64. The number of sulfonamides is 1. The molecule has 2 aromatic carbocycles. The maximum Gasteiger partial charge on any atom is 0.264 e. The topological polar surface area (TPSA) is 98.1 Å². The molecular formula is C22H22N2O6S. The lowest BCUT2D eigenvalue weighted by atomic mass is 10.1. The second-order valence-corrected chi connectivity index (χ2v) is 8.95. The van der Waals surface area contributed by atoms with Gasteiger partial charge in [-0.1, -0.05) is 6.07 Å². The van der Waals surface area contributed by atoms with Crippen LogP contribution in [0.1, 0.15) is 11.3 Å². The van der Waals surface area contributed by atoms with E-state index in [0.717, 1.165) is 5.56 Å². The Morgan fingerprint density at radius 2 is 1.97 bits per heavy atom. The molecule has 0 saturated carbocycles. The van der Waals surface area contributed by atoms with Crippen LogP contribution in [0.2, 0.25) is 0 Å². The van der Waals surface area contributed by atoms with Crippen molar-refractivity contribution >= 4 is 21.6 Å². The molecule has 3 aromatic rings. The lowest BCUT2D eigenvalue weighted by Gasteiger charge is -2.35. The SMILES string of the molecule is COc1ccc(S(=O)(=O)N2C[C@H](C(=O)NCc3ccco3)Oc3cc(C)ccc32)cc1. The number of rotatable bonds is 6. The van der Waals surface area contributed by atoms with E-state index in [1.165, 1.54) is 29.8 Å². The molecule has 1 aromatic heterocycles. The molecule has 1 amide bonds. The average Bonchev–Trinajstić information content (AvgIpc) is 3.30. The van der Waals surface area contributed by atoms with Crippen molar-refractivity contribution in [3.05, 3.63) is 72.2 Å². The average molecular weight is 442 g/mol. The largest absolute Gasteiger partial charge is 0.497 e. The zero-order valence-corrected chi connectivity index (χ0v) is 17.9. The van der Waals surface area contributed by atoms with Crippen LogP contribution >= 0.6 is 0 Å². The summed E-state index contributed by atoms with van der Waals surface area (Å²) in [5, 5.41) is 2.73. The van der Waals surface area contributed by atoms with Crippen molar-refractivity contribution in [3.63, 3.8) is 0 Å². The van der Waals surface area contributed by atoms with Gasteiger partial charge in [0, 0.05) is 0 Å². The van der Waals surface area contributed by atoms with E-state index in [2.05, 4.69) is 5.32 Å². The van der Waals surface area contributed by atoms with Gasteiger partial charge in [-0.25, -0.2) is 8.42 Å². The van der Waals surface area contributed by atoms with E-state index in [1.54, 1.807) is 42.5 Å². The third kappa shape index (κ3) is 4.22. The monoisotopic (exact) mass is 442 g/mol. The lowest BCUT2D eigenvalue weighted by Crippen LogP contribution is -2.50. The van der Waals surface area contributed by atoms with Crippen LogP contribution < -0.4 is 19.1 Å². The van der Waals surface area contributed by atoms with Crippen LogP contribution in [-0.4, -0.2) is 34.1 Å². The maximum absolute atomic E-state index is 13.4. The van der Waals surface area contributed by atoms with Crippen molar-refractivity contribution in [2.75, 3.05) is 18.0 Å². The fraction of sp³-hybridized carbons (Fsp3) is 0.227. The molecule has 1 aliphatic rings. The summed E-state index contributed by atoms with van der Waals surface area (Å²) >= 11 is 0. The number of carbonyl (C=O) groups is 1. The number of nitrogens with zero attached hydrogens (tertiary/aromatic N) is 1. The Bertz CT molecular complexity index is 1170. The number of hydrogen-bond acceptors (Lipinski definition) is 6. The number of ether oxygens (including phenoxy) is 2. The summed E-state index contributed by atoms with van der Waals surface area (Å²) in [5.74, 6) is 1.04. The van der Waals surface area contributed by atoms with Gasteiger partial charge < -0.3 is 19.2 Å². The Morgan fingerprint density at radius 1 is 1.19 bits per heavy atom. The Hall–Kier alpha value is -3.46. The van der Waals surface area contributed by atoms with Gasteiger partial charge in [0.2, 0.25) is 0 Å². The minimum atomic E-state index is -3.94. The van der Waals surface area contributed by atoms with Gasteiger partial charge in [0.25, 0.3) is 15.9 Å². The van der Waals surface area contributed by atoms with Crippen molar-refractivity contribution < 1.29 is 27.1 Å². The minimum absolute atomic E-state index is 0.0940. The standard InChI is InChI=1S/C22H22N2O6S/c1-15-5-10-19-20(12-15)30-21(22(25)23-13-17-4-3-11-29-17)14-24(19)31(26,27)18-8-6-16(28-2)7-9-18/h3-12,21H,13-14H2,1-2H3,(H,23,25)/t21-/m1/s1. The van der Waals surface area contributed by atoms with Crippen LogP contribution in [0.3, 0.4) is 0 Å². The molecule has 1 N–H and O–H groups in total. The van der Waals surface area contributed by atoms with Crippen LogP contribution in [0.4, 0.5) is 5.69 Å². The highest BCUT2D eigenvalue weighted by molar-refractivity contribution is 7.92. The van der Waals surface area contributed by atoms with E-state index < -0.39 is 22.0 Å². The molecule has 162 valence electrons. The second kappa shape index (κ2) is 8.35. The molecule has 0 radical (unpaired) electrons. The number of amides is 1. The number of fused-ring (bicyclic) bond motifs is 1. The summed E-state index contributed by atoms with van der Waals surface area (Å²) in [6, 6.07) is 14.8. The molecule has 2 heterocycles. The Kier molecular flexibility index (Phi) is 5.60. The number of anilines is 1. The van der Waals surface area contributed by atoms with Crippen LogP contribution in [0.15, 0.2) is 70.2 Å². The molecule has 0 saturated heterocycles. The van der Waals surface area contributed by atoms with Crippen LogP contribution in [-0.2, 0) is 21.4 Å². The molecule has 1 atom stereocenters. The highest BCUT2D eigenvalue weighted by atomic mass is 32.2. The first-order valence-electron chi connectivity index (χ1n) is 9.62. The van der Waals surface area contributed by atoms with Gasteiger partial charge in [-0.05, 0) is 61.0 Å². The molecule has 0 unspecified atom stereocenters. The fourth-order valence-corrected chi connectivity index (χ4v) is 4.78. The third-order valence-corrected chi connectivity index (χ3v) is 6.74. The normalized spacial score (nSPS) is 15.7. The zero-order chi connectivity index (χ0) is 22.0. The lowest BCUT2D eigenvalue weighted by molar-refractivity contribution is -0.128. The Labute approximate surface area is 180 Å². The van der Waals surface area contributed by atoms with Crippen LogP contribution in [0, 0.1) is 6.92 Å². The van der Waals surface area contributed by atoms with E-state index in [4.69, 9.17) is 13.9 Å². The second-order valence-electron chi connectivity index (χ2n) is 7.09. The van der Waals surface area contributed by atoms with Gasteiger partial charge in [-0.2, -0.15) is 0 Å². The van der Waals surface area contributed by atoms with Crippen molar-refractivity contribution in [2.45, 2.75) is 24.5 Å². The molecule has 31 heavy (non-hydrogen) atoms. The summed E-state index contributed by atoms with van der Waals surface area (Å²) in [6.45, 7) is 1.89. The highest BCUT2D eigenvalue weighted by Crippen LogP contribution is 2.38. The number of aryl methyl sites for hydroxylation is 1. The number of benzene rings is 2. The van der Waals surface area contributed by atoms with Crippen molar-refractivity contribution in [3.8, 4) is 11.5 Å². The van der Waals surface area contributed by atoms with Crippen molar-refractivity contribution in [1.29, 1.82) is 0 Å². The molecule has 9 heteroatoms. The molecule has 0 spiro atoms. The molecule has 0 aliphatic carbocycles. The fourth-order valence-electron chi connectivity index (χ4n) is 3.30. The molecular weight excluding hydrogens is 420 g/mol. The number of nitrogens with one attached hydrogen (secondary N) is 1. The summed E-state index contributed by atoms with van der Waals surface area (Å²) in [4.78, 5) is 12.9. The third-order valence-electron chi connectivity index (χ3n) is 4.94. The molecule has 4 rings (SSSR count). The zero-order valence-electron chi connectivity index (χ0n) is 17.1. The number of hydrogen-bond donors (Lipinski definition) is 1. The number of carbonyl (C=O) groups excluding carboxylic acids is 1. The van der Waals surface area contributed by atoms with Gasteiger partial charge in [0.1, 0.15) is 17.3 Å². The van der Waals surface area contributed by atoms with Gasteiger partial charge in [0.05, 0.1) is 37.0 Å². The molecule has 8 nitrogen and oxygen atoms in total.